The molecule has 96 valence electrons. The Morgan fingerprint density at radius 1 is 1.38 bits per heavy atom. The van der Waals surface area contributed by atoms with E-state index in [1.807, 2.05) is 0 Å². The van der Waals surface area contributed by atoms with Gasteiger partial charge >= 0.3 is 0 Å². The molecule has 0 aliphatic carbocycles. The Labute approximate surface area is 103 Å². The Hall–Kier alpha value is 0.160. The lowest BCUT2D eigenvalue weighted by Crippen LogP contribution is -2.29. The molecule has 16 heavy (non-hydrogen) atoms. The maximum absolute atomic E-state index is 11.5. The van der Waals surface area contributed by atoms with Crippen LogP contribution in [0.2, 0.25) is 0 Å². The summed E-state index contributed by atoms with van der Waals surface area (Å²) in [6.45, 7) is 1.29. The molecule has 1 aliphatic heterocycles. The first kappa shape index (κ1) is 14.2. The van der Waals surface area contributed by atoms with Crippen LogP contribution in [0, 0.1) is 0 Å². The summed E-state index contributed by atoms with van der Waals surface area (Å²) in [5, 5.41) is 0. The zero-order chi connectivity index (χ0) is 11.9. The van der Waals surface area contributed by atoms with Crippen LogP contribution in [0.25, 0.3) is 0 Å². The average molecular weight is 270 g/mol. The van der Waals surface area contributed by atoms with Crippen molar-refractivity contribution >= 4 is 21.6 Å². The minimum absolute atomic E-state index is 0.172. The van der Waals surface area contributed by atoms with E-state index in [1.54, 1.807) is 0 Å². The van der Waals surface area contributed by atoms with Gasteiger partial charge in [-0.1, -0.05) is 0 Å². The smallest absolute Gasteiger partial charge is 0.211 e. The number of hydrogen-bond donors (Lipinski definition) is 1. The number of alkyl halides is 1. The highest BCUT2D eigenvalue weighted by Crippen LogP contribution is 2.14. The third kappa shape index (κ3) is 6.03. The largest absolute Gasteiger partial charge is 0.378 e. The highest BCUT2D eigenvalue weighted by molar-refractivity contribution is 7.89. The standard InChI is InChI=1S/C10H20ClNO3S/c11-6-1-2-9-16(13,14)12-7-5-10-4-3-8-15-10/h10,12H,1-9H2. The number of halogens is 1. The van der Waals surface area contributed by atoms with E-state index in [1.165, 1.54) is 0 Å². The predicted octanol–water partition coefficient (Wildman–Crippen LogP) is 1.49. The van der Waals surface area contributed by atoms with Crippen molar-refractivity contribution < 1.29 is 13.2 Å². The summed E-state index contributed by atoms with van der Waals surface area (Å²) in [5.74, 6) is 0.691. The monoisotopic (exact) mass is 269 g/mol. The number of hydrogen-bond acceptors (Lipinski definition) is 3. The van der Waals surface area contributed by atoms with Gasteiger partial charge in [-0.3, -0.25) is 0 Å². The minimum Gasteiger partial charge on any atom is -0.378 e. The van der Waals surface area contributed by atoms with Gasteiger partial charge in [0.2, 0.25) is 10.0 Å². The van der Waals surface area contributed by atoms with Crippen molar-refractivity contribution in [1.82, 2.24) is 4.72 Å². The van der Waals surface area contributed by atoms with E-state index in [4.69, 9.17) is 16.3 Å². The van der Waals surface area contributed by atoms with Crippen molar-refractivity contribution in [2.75, 3.05) is 24.8 Å². The summed E-state index contributed by atoms with van der Waals surface area (Å²) < 4.78 is 31.0. The van der Waals surface area contributed by atoms with E-state index in [9.17, 15) is 8.42 Å². The van der Waals surface area contributed by atoms with E-state index in [0.717, 1.165) is 32.3 Å². The lowest BCUT2D eigenvalue weighted by atomic mass is 10.2. The Kier molecular flexibility index (Phi) is 6.65. The lowest BCUT2D eigenvalue weighted by molar-refractivity contribution is 0.105. The number of ether oxygens (including phenoxy) is 1. The van der Waals surface area contributed by atoms with Crippen LogP contribution in [0.4, 0.5) is 0 Å². The van der Waals surface area contributed by atoms with Gasteiger partial charge in [0.1, 0.15) is 0 Å². The molecule has 6 heteroatoms. The van der Waals surface area contributed by atoms with Gasteiger partial charge in [0.15, 0.2) is 0 Å². The summed E-state index contributed by atoms with van der Waals surface area (Å²) >= 11 is 5.49. The third-order valence-corrected chi connectivity index (χ3v) is 4.35. The maximum Gasteiger partial charge on any atom is 0.211 e. The first-order valence-corrected chi connectivity index (χ1v) is 7.97. The molecule has 1 unspecified atom stereocenters. The molecular formula is C10H20ClNO3S. The number of sulfonamides is 1. The molecule has 0 saturated carbocycles. The van der Waals surface area contributed by atoms with Crippen LogP contribution >= 0.6 is 11.6 Å². The van der Waals surface area contributed by atoms with Crippen LogP contribution < -0.4 is 4.72 Å². The summed E-state index contributed by atoms with van der Waals surface area (Å²) in [7, 11) is -3.11. The van der Waals surface area contributed by atoms with Crippen molar-refractivity contribution in [2.24, 2.45) is 0 Å². The predicted molar refractivity (Wildman–Crippen MR) is 65.3 cm³/mol. The third-order valence-electron chi connectivity index (χ3n) is 2.61. The molecule has 1 saturated heterocycles. The van der Waals surface area contributed by atoms with E-state index in [2.05, 4.69) is 4.72 Å². The Morgan fingerprint density at radius 2 is 2.19 bits per heavy atom. The van der Waals surface area contributed by atoms with Crippen LogP contribution in [0.15, 0.2) is 0 Å². The van der Waals surface area contributed by atoms with Crippen molar-refractivity contribution in [2.45, 2.75) is 38.2 Å². The molecule has 0 bridgehead atoms. The number of unbranched alkanes of at least 4 members (excludes halogenated alkanes) is 1. The molecule has 1 atom stereocenters. The lowest BCUT2D eigenvalue weighted by Gasteiger charge is -2.10. The molecule has 0 amide bonds. The zero-order valence-corrected chi connectivity index (χ0v) is 11.0. The average Bonchev–Trinajstić information content (AvgIpc) is 2.70. The van der Waals surface area contributed by atoms with Gasteiger partial charge in [0.05, 0.1) is 11.9 Å². The van der Waals surface area contributed by atoms with Gasteiger partial charge in [-0.2, -0.15) is 0 Å². The Balaban J connectivity index is 2.09. The van der Waals surface area contributed by atoms with Crippen LogP contribution in [0.5, 0.6) is 0 Å². The van der Waals surface area contributed by atoms with E-state index >= 15 is 0 Å². The van der Waals surface area contributed by atoms with Crippen LogP contribution in [0.1, 0.15) is 32.1 Å². The molecule has 4 nitrogen and oxygen atoms in total. The van der Waals surface area contributed by atoms with Crippen molar-refractivity contribution in [3.63, 3.8) is 0 Å². The molecule has 0 spiro atoms. The van der Waals surface area contributed by atoms with Crippen molar-refractivity contribution in [3.8, 4) is 0 Å². The van der Waals surface area contributed by atoms with E-state index < -0.39 is 10.0 Å². The fourth-order valence-electron chi connectivity index (χ4n) is 1.71. The Bertz CT molecular complexity index is 276. The SMILES string of the molecule is O=S(=O)(CCCCCl)NCCC1CCCO1. The van der Waals surface area contributed by atoms with Crippen LogP contribution in [-0.4, -0.2) is 39.3 Å². The van der Waals surface area contributed by atoms with Gasteiger partial charge in [0.25, 0.3) is 0 Å². The van der Waals surface area contributed by atoms with Gasteiger partial charge in [-0.05, 0) is 32.1 Å². The summed E-state index contributed by atoms with van der Waals surface area (Å²) in [4.78, 5) is 0. The molecule has 1 N–H and O–H groups in total. The fourth-order valence-corrected chi connectivity index (χ4v) is 3.05. The summed E-state index contributed by atoms with van der Waals surface area (Å²) in [6, 6.07) is 0. The number of rotatable bonds is 8. The zero-order valence-electron chi connectivity index (χ0n) is 9.45. The molecule has 1 rings (SSSR count). The second kappa shape index (κ2) is 7.48. The topological polar surface area (TPSA) is 55.4 Å². The molecule has 0 aromatic heterocycles. The normalized spacial score (nSPS) is 21.4. The Morgan fingerprint density at radius 3 is 2.81 bits per heavy atom. The minimum atomic E-state index is -3.11. The van der Waals surface area contributed by atoms with Gasteiger partial charge in [0, 0.05) is 19.0 Å². The molecule has 0 aromatic rings. The fraction of sp³-hybridized carbons (Fsp3) is 1.00. The molecule has 1 aliphatic rings. The highest BCUT2D eigenvalue weighted by Gasteiger charge is 2.16. The van der Waals surface area contributed by atoms with Crippen LogP contribution in [-0.2, 0) is 14.8 Å². The number of nitrogens with one attached hydrogen (secondary N) is 1. The first-order chi connectivity index (χ1) is 7.64. The molecular weight excluding hydrogens is 250 g/mol. The second-order valence-electron chi connectivity index (χ2n) is 4.03. The quantitative estimate of drug-likeness (QED) is 0.537. The molecule has 0 radical (unpaired) electrons. The van der Waals surface area contributed by atoms with Crippen molar-refractivity contribution in [3.05, 3.63) is 0 Å². The van der Waals surface area contributed by atoms with Gasteiger partial charge in [-0.15, -0.1) is 11.6 Å². The summed E-state index contributed by atoms with van der Waals surface area (Å²) in [5.41, 5.74) is 0. The highest BCUT2D eigenvalue weighted by atomic mass is 35.5. The first-order valence-electron chi connectivity index (χ1n) is 5.79. The van der Waals surface area contributed by atoms with Crippen molar-refractivity contribution in [1.29, 1.82) is 0 Å². The van der Waals surface area contributed by atoms with E-state index in [-0.39, 0.29) is 11.9 Å². The van der Waals surface area contributed by atoms with E-state index in [0.29, 0.717) is 18.8 Å². The van der Waals surface area contributed by atoms with Gasteiger partial charge < -0.3 is 4.74 Å². The summed E-state index contributed by atoms with van der Waals surface area (Å²) in [6.07, 6.45) is 4.52. The van der Waals surface area contributed by atoms with Gasteiger partial charge in [-0.25, -0.2) is 13.1 Å². The molecule has 1 heterocycles. The van der Waals surface area contributed by atoms with Crippen LogP contribution in [0.3, 0.4) is 0 Å². The second-order valence-corrected chi connectivity index (χ2v) is 6.34. The molecule has 1 fully saturated rings. The molecule has 0 aromatic carbocycles. The maximum atomic E-state index is 11.5.